The first kappa shape index (κ1) is 18.1. The topological polar surface area (TPSA) is 46.6 Å². The largest absolute Gasteiger partial charge is 0.492 e. The Balaban J connectivity index is 2.06. The van der Waals surface area contributed by atoms with Crippen LogP contribution in [0.4, 0.5) is 0 Å². The lowest BCUT2D eigenvalue weighted by atomic mass is 10.2. The molecule has 0 aliphatic heterocycles. The van der Waals surface area contributed by atoms with Crippen LogP contribution in [0.5, 0.6) is 5.75 Å². The quantitative estimate of drug-likeness (QED) is 0.768. The highest BCUT2D eigenvalue weighted by atomic mass is 35.5. The fourth-order valence-corrected chi connectivity index (χ4v) is 4.24. The number of likely N-dealkylation sites (N-methyl/N-ethyl adjacent to an activating group) is 1. The minimum absolute atomic E-state index is 0.0820. The molecule has 0 bridgehead atoms. The third-order valence-electron chi connectivity index (χ3n) is 3.25. The Hall–Kier alpha value is -1.27. The molecule has 0 aliphatic rings. The maximum absolute atomic E-state index is 12.6. The van der Waals surface area contributed by atoms with E-state index in [1.165, 1.54) is 23.5 Å². The highest BCUT2D eigenvalue weighted by molar-refractivity contribution is 7.89. The van der Waals surface area contributed by atoms with Crippen LogP contribution in [0.15, 0.2) is 47.4 Å². The van der Waals surface area contributed by atoms with E-state index in [2.05, 4.69) is 0 Å². The zero-order valence-corrected chi connectivity index (χ0v) is 15.1. The van der Waals surface area contributed by atoms with Crippen LogP contribution in [-0.4, -0.2) is 32.9 Å². The summed E-state index contributed by atoms with van der Waals surface area (Å²) in [6, 6.07) is 12.2. The molecule has 0 amide bonds. The van der Waals surface area contributed by atoms with Gasteiger partial charge in [-0.1, -0.05) is 41.4 Å². The van der Waals surface area contributed by atoms with E-state index < -0.39 is 10.0 Å². The number of benzene rings is 2. The number of rotatable bonds is 6. The molecule has 0 fully saturated rings. The van der Waals surface area contributed by atoms with Gasteiger partial charge in [-0.25, -0.2) is 8.42 Å². The summed E-state index contributed by atoms with van der Waals surface area (Å²) in [4.78, 5) is -0.0820. The zero-order valence-electron chi connectivity index (χ0n) is 12.8. The molecule has 23 heavy (non-hydrogen) atoms. The summed E-state index contributed by atoms with van der Waals surface area (Å²) in [5, 5.41) is 0.202. The first-order valence-corrected chi connectivity index (χ1v) is 9.12. The standard InChI is InChI=1S/C16H17Cl2NO3S/c1-12-5-3-6-13(11-12)22-10-9-19(2)23(20,21)16-14(17)7-4-8-15(16)18/h3-8,11H,9-10H2,1-2H3. The molecule has 0 heterocycles. The van der Waals surface area contributed by atoms with Crippen molar-refractivity contribution in [2.45, 2.75) is 11.8 Å². The van der Waals surface area contributed by atoms with E-state index >= 15 is 0 Å². The summed E-state index contributed by atoms with van der Waals surface area (Å²) >= 11 is 12.0. The van der Waals surface area contributed by atoms with Crippen LogP contribution in [0.1, 0.15) is 5.56 Å². The van der Waals surface area contributed by atoms with Crippen LogP contribution in [0.25, 0.3) is 0 Å². The van der Waals surface area contributed by atoms with Gasteiger partial charge in [0.1, 0.15) is 17.3 Å². The van der Waals surface area contributed by atoms with Gasteiger partial charge in [0.15, 0.2) is 0 Å². The highest BCUT2D eigenvalue weighted by Gasteiger charge is 2.26. The minimum atomic E-state index is -3.77. The second-order valence-corrected chi connectivity index (χ2v) is 7.84. The maximum Gasteiger partial charge on any atom is 0.245 e. The third kappa shape index (κ3) is 4.38. The van der Waals surface area contributed by atoms with E-state index in [0.29, 0.717) is 5.75 Å². The van der Waals surface area contributed by atoms with E-state index in [1.807, 2.05) is 31.2 Å². The number of halogens is 2. The van der Waals surface area contributed by atoms with Gasteiger partial charge in [0, 0.05) is 13.6 Å². The Labute approximate surface area is 146 Å². The van der Waals surface area contributed by atoms with Crippen molar-refractivity contribution in [2.75, 3.05) is 20.2 Å². The van der Waals surface area contributed by atoms with Gasteiger partial charge in [-0.2, -0.15) is 4.31 Å². The molecule has 4 nitrogen and oxygen atoms in total. The molecular weight excluding hydrogens is 357 g/mol. The smallest absolute Gasteiger partial charge is 0.245 e. The predicted molar refractivity (Wildman–Crippen MR) is 93.0 cm³/mol. The van der Waals surface area contributed by atoms with Gasteiger partial charge in [0.05, 0.1) is 10.0 Å². The second-order valence-electron chi connectivity index (χ2n) is 5.04. The summed E-state index contributed by atoms with van der Waals surface area (Å²) in [6.07, 6.45) is 0. The number of ether oxygens (including phenoxy) is 1. The lowest BCUT2D eigenvalue weighted by Gasteiger charge is -2.19. The van der Waals surface area contributed by atoms with Gasteiger partial charge in [0.2, 0.25) is 10.0 Å². The fraction of sp³-hybridized carbons (Fsp3) is 0.250. The first-order chi connectivity index (χ1) is 10.8. The van der Waals surface area contributed by atoms with Crippen LogP contribution in [0.2, 0.25) is 10.0 Å². The minimum Gasteiger partial charge on any atom is -0.492 e. The van der Waals surface area contributed by atoms with Crippen LogP contribution in [0, 0.1) is 6.92 Å². The normalized spacial score (nSPS) is 11.7. The maximum atomic E-state index is 12.6. The summed E-state index contributed by atoms with van der Waals surface area (Å²) in [6.45, 7) is 2.36. The molecular formula is C16H17Cl2NO3S. The second kappa shape index (κ2) is 7.53. The van der Waals surface area contributed by atoms with Crippen molar-refractivity contribution in [2.24, 2.45) is 0 Å². The summed E-state index contributed by atoms with van der Waals surface area (Å²) in [5.41, 5.74) is 1.08. The van der Waals surface area contributed by atoms with Gasteiger partial charge in [-0.05, 0) is 36.8 Å². The number of aryl methyl sites for hydroxylation is 1. The van der Waals surface area contributed by atoms with E-state index in [1.54, 1.807) is 6.07 Å². The average Bonchev–Trinajstić information content (AvgIpc) is 2.46. The van der Waals surface area contributed by atoms with Gasteiger partial charge < -0.3 is 4.74 Å². The van der Waals surface area contributed by atoms with Crippen molar-refractivity contribution >= 4 is 33.2 Å². The van der Waals surface area contributed by atoms with Crippen molar-refractivity contribution in [1.29, 1.82) is 0 Å². The van der Waals surface area contributed by atoms with Crippen LogP contribution < -0.4 is 4.74 Å². The van der Waals surface area contributed by atoms with Gasteiger partial charge in [-0.15, -0.1) is 0 Å². The molecule has 0 N–H and O–H groups in total. The molecule has 0 saturated heterocycles. The molecule has 2 rings (SSSR count). The number of nitrogens with zero attached hydrogens (tertiary/aromatic N) is 1. The average molecular weight is 374 g/mol. The van der Waals surface area contributed by atoms with E-state index in [9.17, 15) is 8.42 Å². The Morgan fingerprint density at radius 3 is 2.30 bits per heavy atom. The van der Waals surface area contributed by atoms with E-state index in [0.717, 1.165) is 5.56 Å². The van der Waals surface area contributed by atoms with E-state index in [-0.39, 0.29) is 28.1 Å². The van der Waals surface area contributed by atoms with Crippen molar-refractivity contribution in [3.8, 4) is 5.75 Å². The van der Waals surface area contributed by atoms with Crippen molar-refractivity contribution < 1.29 is 13.2 Å². The number of hydrogen-bond acceptors (Lipinski definition) is 3. The molecule has 0 radical (unpaired) electrons. The molecule has 0 aromatic heterocycles. The van der Waals surface area contributed by atoms with Crippen molar-refractivity contribution in [3.63, 3.8) is 0 Å². The summed E-state index contributed by atoms with van der Waals surface area (Å²) < 4.78 is 31.9. The third-order valence-corrected chi connectivity index (χ3v) is 6.06. The molecule has 124 valence electrons. The number of hydrogen-bond donors (Lipinski definition) is 0. The Morgan fingerprint density at radius 1 is 1.09 bits per heavy atom. The molecule has 0 unspecified atom stereocenters. The fourth-order valence-electron chi connectivity index (χ4n) is 2.00. The van der Waals surface area contributed by atoms with Crippen molar-refractivity contribution in [3.05, 3.63) is 58.1 Å². The zero-order chi connectivity index (χ0) is 17.0. The SMILES string of the molecule is Cc1cccc(OCCN(C)S(=O)(=O)c2c(Cl)cccc2Cl)c1. The summed E-state index contributed by atoms with van der Waals surface area (Å²) in [7, 11) is -2.31. The summed E-state index contributed by atoms with van der Waals surface area (Å²) in [5.74, 6) is 0.701. The Bertz CT molecular complexity index is 773. The molecule has 2 aromatic carbocycles. The lowest BCUT2D eigenvalue weighted by molar-refractivity contribution is 0.287. The van der Waals surface area contributed by atoms with E-state index in [4.69, 9.17) is 27.9 Å². The highest BCUT2D eigenvalue weighted by Crippen LogP contribution is 2.30. The predicted octanol–water partition coefficient (Wildman–Crippen LogP) is 4.00. The molecule has 0 aliphatic carbocycles. The molecule has 2 aromatic rings. The van der Waals surface area contributed by atoms with Gasteiger partial charge in [0.25, 0.3) is 0 Å². The number of sulfonamides is 1. The first-order valence-electron chi connectivity index (χ1n) is 6.92. The van der Waals surface area contributed by atoms with Gasteiger partial charge in [-0.3, -0.25) is 0 Å². The monoisotopic (exact) mass is 373 g/mol. The molecule has 0 spiro atoms. The van der Waals surface area contributed by atoms with Gasteiger partial charge >= 0.3 is 0 Å². The van der Waals surface area contributed by atoms with Crippen LogP contribution >= 0.6 is 23.2 Å². The molecule has 0 saturated carbocycles. The van der Waals surface area contributed by atoms with Crippen LogP contribution in [0.3, 0.4) is 0 Å². The van der Waals surface area contributed by atoms with Crippen LogP contribution in [-0.2, 0) is 10.0 Å². The lowest BCUT2D eigenvalue weighted by Crippen LogP contribution is -2.31. The molecule has 0 atom stereocenters. The van der Waals surface area contributed by atoms with Crippen molar-refractivity contribution in [1.82, 2.24) is 4.31 Å². The molecule has 7 heteroatoms. The Kier molecular flexibility index (Phi) is 5.92. The Morgan fingerprint density at radius 2 is 1.70 bits per heavy atom.